The molecule has 124 valence electrons. The molecule has 1 rings (SSSR count). The molecule has 0 amide bonds. The normalized spacial score (nSPS) is 14.4. The maximum atomic E-state index is 12.0. The second-order valence-corrected chi connectivity index (χ2v) is 6.77. The van der Waals surface area contributed by atoms with Crippen molar-refractivity contribution in [2.24, 2.45) is 5.41 Å². The van der Waals surface area contributed by atoms with Gasteiger partial charge in [-0.3, -0.25) is 4.79 Å². The number of esters is 1. The average Bonchev–Trinajstić information content (AvgIpc) is 2.48. The van der Waals surface area contributed by atoms with Crippen LogP contribution in [0.1, 0.15) is 39.7 Å². The van der Waals surface area contributed by atoms with Gasteiger partial charge in [-0.05, 0) is 30.9 Å². The van der Waals surface area contributed by atoms with Gasteiger partial charge in [-0.1, -0.05) is 51.1 Å². The number of benzene rings is 1. The quantitative estimate of drug-likeness (QED) is 0.750. The van der Waals surface area contributed by atoms with Gasteiger partial charge in [-0.2, -0.15) is 0 Å². The van der Waals surface area contributed by atoms with Crippen molar-refractivity contribution in [2.45, 2.75) is 52.9 Å². The molecule has 1 aromatic carbocycles. The summed E-state index contributed by atoms with van der Waals surface area (Å²) in [6, 6.07) is 9.49. The van der Waals surface area contributed by atoms with E-state index in [0.29, 0.717) is 6.61 Å². The van der Waals surface area contributed by atoms with Gasteiger partial charge in [-0.25, -0.2) is 0 Å². The van der Waals surface area contributed by atoms with E-state index in [1.165, 1.54) is 7.11 Å². The van der Waals surface area contributed by atoms with Gasteiger partial charge in [0.15, 0.2) is 0 Å². The largest absolute Gasteiger partial charge is 0.468 e. The van der Waals surface area contributed by atoms with Gasteiger partial charge in [0.05, 0.1) is 19.8 Å². The van der Waals surface area contributed by atoms with Crippen molar-refractivity contribution in [3.8, 4) is 0 Å². The molecule has 0 aliphatic heterocycles. The van der Waals surface area contributed by atoms with Crippen molar-refractivity contribution in [2.75, 3.05) is 13.7 Å². The minimum absolute atomic E-state index is 0.224. The molecular weight excluding hydrogens is 278 g/mol. The van der Waals surface area contributed by atoms with Crippen LogP contribution in [-0.2, 0) is 20.9 Å². The van der Waals surface area contributed by atoms with Crippen molar-refractivity contribution >= 4 is 5.97 Å². The Balaban J connectivity index is 2.53. The van der Waals surface area contributed by atoms with Crippen LogP contribution in [0.5, 0.6) is 0 Å². The number of rotatable bonds is 8. The summed E-state index contributed by atoms with van der Waals surface area (Å²) in [4.78, 5) is 12.0. The fourth-order valence-corrected chi connectivity index (χ4v) is 2.07. The summed E-state index contributed by atoms with van der Waals surface area (Å²) in [5.41, 5.74) is 1.31. The predicted molar refractivity (Wildman–Crippen MR) is 88.6 cm³/mol. The molecule has 0 spiro atoms. The molecule has 0 bridgehead atoms. The molecule has 1 unspecified atom stereocenters. The minimum atomic E-state index is -0.448. The Morgan fingerprint density at radius 2 is 1.86 bits per heavy atom. The number of carbonyl (C=O) groups is 1. The molecule has 0 radical (unpaired) electrons. The lowest BCUT2D eigenvalue weighted by atomic mass is 9.92. The Kier molecular flexibility index (Phi) is 7.56. The van der Waals surface area contributed by atoms with E-state index in [-0.39, 0.29) is 17.5 Å². The lowest BCUT2D eigenvalue weighted by Gasteiger charge is -2.25. The highest BCUT2D eigenvalue weighted by molar-refractivity contribution is 5.76. The van der Waals surface area contributed by atoms with E-state index in [4.69, 9.17) is 9.47 Å². The molecule has 0 aromatic heterocycles. The summed E-state index contributed by atoms with van der Waals surface area (Å²) in [5.74, 6) is -0.283. The van der Waals surface area contributed by atoms with Crippen LogP contribution in [0.25, 0.3) is 0 Å². The first-order valence-electron chi connectivity index (χ1n) is 7.80. The lowest BCUT2D eigenvalue weighted by Crippen LogP contribution is -2.47. The van der Waals surface area contributed by atoms with Crippen molar-refractivity contribution < 1.29 is 14.3 Å². The molecule has 4 heteroatoms. The smallest absolute Gasteiger partial charge is 0.325 e. The Hall–Kier alpha value is -1.39. The number of methoxy groups -OCH3 is 1. The number of nitrogens with one attached hydrogen (secondary N) is 1. The number of hydrogen-bond acceptors (Lipinski definition) is 4. The van der Waals surface area contributed by atoms with Crippen LogP contribution in [0.4, 0.5) is 0 Å². The van der Waals surface area contributed by atoms with Crippen molar-refractivity contribution in [1.29, 1.82) is 0 Å². The molecule has 0 aliphatic carbocycles. The third kappa shape index (κ3) is 7.05. The molecule has 4 nitrogen and oxygen atoms in total. The molecule has 0 heterocycles. The van der Waals surface area contributed by atoms with Crippen LogP contribution < -0.4 is 5.32 Å². The van der Waals surface area contributed by atoms with E-state index in [1.807, 2.05) is 37.3 Å². The molecule has 22 heavy (non-hydrogen) atoms. The predicted octanol–water partition coefficient (Wildman–Crippen LogP) is 3.16. The maximum absolute atomic E-state index is 12.0. The topological polar surface area (TPSA) is 47.6 Å². The van der Waals surface area contributed by atoms with E-state index < -0.39 is 6.04 Å². The lowest BCUT2D eigenvalue weighted by molar-refractivity contribution is -0.147. The van der Waals surface area contributed by atoms with Gasteiger partial charge in [-0.15, -0.1) is 0 Å². The number of hydrogen-bond donors (Lipinski definition) is 1. The van der Waals surface area contributed by atoms with Crippen LogP contribution in [0.15, 0.2) is 30.3 Å². The molecule has 1 aromatic rings. The summed E-state index contributed by atoms with van der Waals surface area (Å²) < 4.78 is 10.7. The monoisotopic (exact) mass is 307 g/mol. The van der Waals surface area contributed by atoms with Gasteiger partial charge in [0.1, 0.15) is 6.04 Å². The molecule has 0 saturated carbocycles. The summed E-state index contributed by atoms with van der Waals surface area (Å²) in [7, 11) is 1.41. The molecular formula is C18H29NO3. The highest BCUT2D eigenvalue weighted by Crippen LogP contribution is 2.17. The van der Waals surface area contributed by atoms with Crippen LogP contribution in [0.3, 0.4) is 0 Å². The summed E-state index contributed by atoms with van der Waals surface area (Å²) in [6.07, 6.45) is 0.721. The summed E-state index contributed by atoms with van der Waals surface area (Å²) in [5, 5.41) is 3.26. The highest BCUT2D eigenvalue weighted by Gasteiger charge is 2.26. The van der Waals surface area contributed by atoms with Crippen LogP contribution in [0.2, 0.25) is 0 Å². The molecule has 1 N–H and O–H groups in total. The molecule has 0 aliphatic rings. The molecule has 0 fully saturated rings. The molecule has 0 saturated heterocycles. The van der Waals surface area contributed by atoms with Crippen LogP contribution in [-0.4, -0.2) is 31.8 Å². The molecule has 2 atom stereocenters. The Labute approximate surface area is 134 Å². The fraction of sp³-hybridized carbons (Fsp3) is 0.611. The van der Waals surface area contributed by atoms with Crippen molar-refractivity contribution in [3.05, 3.63) is 35.9 Å². The summed E-state index contributed by atoms with van der Waals surface area (Å²) >= 11 is 0. The average molecular weight is 307 g/mol. The van der Waals surface area contributed by atoms with E-state index in [2.05, 4.69) is 26.1 Å². The van der Waals surface area contributed by atoms with Crippen LogP contribution in [0, 0.1) is 5.41 Å². The summed E-state index contributed by atoms with van der Waals surface area (Å²) in [6.45, 7) is 9.67. The van der Waals surface area contributed by atoms with Gasteiger partial charge in [0, 0.05) is 0 Å². The Bertz CT molecular complexity index is 439. The Morgan fingerprint density at radius 3 is 2.41 bits per heavy atom. The Morgan fingerprint density at radius 1 is 1.23 bits per heavy atom. The van der Waals surface area contributed by atoms with E-state index in [1.54, 1.807) is 0 Å². The van der Waals surface area contributed by atoms with E-state index in [0.717, 1.165) is 18.5 Å². The zero-order chi connectivity index (χ0) is 16.6. The van der Waals surface area contributed by atoms with Crippen LogP contribution >= 0.6 is 0 Å². The second kappa shape index (κ2) is 8.91. The van der Waals surface area contributed by atoms with E-state index >= 15 is 0 Å². The van der Waals surface area contributed by atoms with Crippen molar-refractivity contribution in [1.82, 2.24) is 5.32 Å². The second-order valence-electron chi connectivity index (χ2n) is 6.77. The first-order chi connectivity index (χ1) is 10.3. The number of carbonyl (C=O) groups excluding carboxylic acids is 1. The minimum Gasteiger partial charge on any atom is -0.468 e. The maximum Gasteiger partial charge on any atom is 0.325 e. The highest BCUT2D eigenvalue weighted by atomic mass is 16.5. The van der Waals surface area contributed by atoms with Gasteiger partial charge in [0.2, 0.25) is 0 Å². The zero-order valence-electron chi connectivity index (χ0n) is 14.4. The fourth-order valence-electron chi connectivity index (χ4n) is 2.07. The van der Waals surface area contributed by atoms with Crippen molar-refractivity contribution in [3.63, 3.8) is 0 Å². The zero-order valence-corrected chi connectivity index (χ0v) is 14.4. The van der Waals surface area contributed by atoms with E-state index in [9.17, 15) is 4.79 Å². The first kappa shape index (κ1) is 18.7. The third-order valence-electron chi connectivity index (χ3n) is 3.52. The first-order valence-corrected chi connectivity index (χ1v) is 7.80. The van der Waals surface area contributed by atoms with Gasteiger partial charge < -0.3 is 14.8 Å². The van der Waals surface area contributed by atoms with Gasteiger partial charge in [0.25, 0.3) is 0 Å². The third-order valence-corrected chi connectivity index (χ3v) is 3.52. The standard InChI is InChI=1S/C18H29NO3/c1-14(22-13-15-9-7-6-8-10-15)16(17(20)21-5)19-12-11-18(2,3)4/h6-10,14,16,19H,11-13H2,1-5H3/t14?,16-/m0/s1. The SMILES string of the molecule is COC(=O)[C@@H](NCCC(C)(C)C)C(C)OCc1ccccc1. The number of ether oxygens (including phenoxy) is 2. The van der Waals surface area contributed by atoms with Gasteiger partial charge >= 0.3 is 5.97 Å².